The lowest BCUT2D eigenvalue weighted by atomic mass is 10.5. The Bertz CT molecular complexity index is 90.0. The molecule has 0 aromatic heterocycles. The lowest BCUT2D eigenvalue weighted by Crippen LogP contribution is -1.91. The first-order chi connectivity index (χ1) is 3.91. The second-order valence-electron chi connectivity index (χ2n) is 1.20. The Hall–Kier alpha value is -0.128. The highest BCUT2D eigenvalue weighted by Gasteiger charge is 1.78. The number of nitrogens with zero attached hydrogens (tertiary/aromatic N) is 1. The second kappa shape index (κ2) is 6.87. The summed E-state index contributed by atoms with van der Waals surface area (Å²) >= 11 is 2.12. The molecular formula is C4H6AlNO2. The minimum Gasteiger partial charge on any atom is -0.516 e. The molecule has 0 N–H and O–H groups in total. The van der Waals surface area contributed by atoms with E-state index < -0.39 is 0 Å². The van der Waals surface area contributed by atoms with Crippen molar-refractivity contribution in [2.75, 3.05) is 13.2 Å². The highest BCUT2D eigenvalue weighted by atomic mass is 27.1. The quantitative estimate of drug-likeness (QED) is 0.227. The SMILES string of the molecule is O=C=NCCC[O][Al]. The van der Waals surface area contributed by atoms with E-state index >= 15 is 0 Å². The number of aliphatic imine (C=N–C) groups is 1. The van der Waals surface area contributed by atoms with Gasteiger partial charge in [0.05, 0.1) is 6.54 Å². The van der Waals surface area contributed by atoms with Crippen molar-refractivity contribution in [2.45, 2.75) is 6.42 Å². The molecular weight excluding hydrogens is 121 g/mol. The molecule has 0 amide bonds. The Balaban J connectivity index is 2.82. The van der Waals surface area contributed by atoms with E-state index in [4.69, 9.17) is 0 Å². The van der Waals surface area contributed by atoms with E-state index in [9.17, 15) is 4.79 Å². The zero-order chi connectivity index (χ0) is 6.24. The van der Waals surface area contributed by atoms with Crippen LogP contribution >= 0.6 is 0 Å². The lowest BCUT2D eigenvalue weighted by molar-refractivity contribution is 0.344. The van der Waals surface area contributed by atoms with E-state index in [0.29, 0.717) is 13.2 Å². The van der Waals surface area contributed by atoms with Crippen molar-refractivity contribution in [3.05, 3.63) is 0 Å². The summed E-state index contributed by atoms with van der Waals surface area (Å²) in [6.45, 7) is 1.13. The third kappa shape index (κ3) is 5.87. The van der Waals surface area contributed by atoms with Gasteiger partial charge < -0.3 is 3.79 Å². The van der Waals surface area contributed by atoms with Crippen LogP contribution in [0, 0.1) is 0 Å². The van der Waals surface area contributed by atoms with Crippen LogP contribution in [0.1, 0.15) is 6.42 Å². The number of carbonyl (C=O) groups excluding carboxylic acids is 1. The van der Waals surface area contributed by atoms with Gasteiger partial charge in [-0.2, -0.15) is 0 Å². The van der Waals surface area contributed by atoms with Crippen molar-refractivity contribution in [1.29, 1.82) is 0 Å². The van der Waals surface area contributed by atoms with Crippen LogP contribution in [-0.2, 0) is 8.58 Å². The van der Waals surface area contributed by atoms with Crippen LogP contribution in [0.25, 0.3) is 0 Å². The van der Waals surface area contributed by atoms with Crippen LogP contribution in [-0.4, -0.2) is 35.9 Å². The maximum absolute atomic E-state index is 9.43. The maximum atomic E-state index is 9.43. The summed E-state index contributed by atoms with van der Waals surface area (Å²) in [5, 5.41) is 0. The summed E-state index contributed by atoms with van der Waals surface area (Å²) in [4.78, 5) is 12.7. The van der Waals surface area contributed by atoms with Crippen molar-refractivity contribution >= 4 is 22.7 Å². The normalized spacial score (nSPS) is 8.00. The molecule has 0 spiro atoms. The molecule has 0 saturated heterocycles. The van der Waals surface area contributed by atoms with Gasteiger partial charge in [0.15, 0.2) is 0 Å². The van der Waals surface area contributed by atoms with Gasteiger partial charge in [-0.25, -0.2) is 9.79 Å². The smallest absolute Gasteiger partial charge is 0.369 e. The topological polar surface area (TPSA) is 38.7 Å². The minimum atomic E-state index is 0.512. The molecule has 0 unspecified atom stereocenters. The molecule has 0 fully saturated rings. The number of isocyanates is 1. The van der Waals surface area contributed by atoms with Gasteiger partial charge in [0.2, 0.25) is 6.08 Å². The molecule has 0 aromatic rings. The van der Waals surface area contributed by atoms with Crippen LogP contribution in [0.3, 0.4) is 0 Å². The predicted molar refractivity (Wildman–Crippen MR) is 29.3 cm³/mol. The van der Waals surface area contributed by atoms with E-state index in [0.717, 1.165) is 6.42 Å². The average Bonchev–Trinajstić information content (AvgIpc) is 1.81. The molecule has 0 atom stereocenters. The number of rotatable bonds is 4. The zero-order valence-corrected chi connectivity index (χ0v) is 5.62. The molecule has 0 aromatic carbocycles. The highest BCUT2D eigenvalue weighted by molar-refractivity contribution is 5.97. The predicted octanol–water partition coefficient (Wildman–Crippen LogP) is -0.188. The number of hydrogen-bond donors (Lipinski definition) is 0. The fraction of sp³-hybridized carbons (Fsp3) is 0.750. The van der Waals surface area contributed by atoms with Crippen LogP contribution < -0.4 is 0 Å². The van der Waals surface area contributed by atoms with Gasteiger partial charge in [-0.05, 0) is 6.42 Å². The third-order valence-electron chi connectivity index (χ3n) is 0.597. The summed E-state index contributed by atoms with van der Waals surface area (Å²) in [6.07, 6.45) is 2.22. The van der Waals surface area contributed by atoms with Gasteiger partial charge in [-0.3, -0.25) is 0 Å². The molecule has 3 nitrogen and oxygen atoms in total. The van der Waals surface area contributed by atoms with E-state index in [-0.39, 0.29) is 0 Å². The Kier molecular flexibility index (Phi) is 6.76. The fourth-order valence-corrected chi connectivity index (χ4v) is 0.439. The van der Waals surface area contributed by atoms with Crippen LogP contribution in [0.4, 0.5) is 0 Å². The van der Waals surface area contributed by atoms with Crippen LogP contribution in [0.15, 0.2) is 4.99 Å². The molecule has 0 saturated carbocycles. The molecule has 8 heavy (non-hydrogen) atoms. The molecule has 0 aliphatic heterocycles. The lowest BCUT2D eigenvalue weighted by Gasteiger charge is -1.92. The molecule has 0 rings (SSSR count). The zero-order valence-electron chi connectivity index (χ0n) is 4.46. The van der Waals surface area contributed by atoms with E-state index in [1.54, 1.807) is 0 Å². The number of hydrogen-bond acceptors (Lipinski definition) is 3. The van der Waals surface area contributed by atoms with Gasteiger partial charge >= 0.3 is 16.6 Å². The molecule has 0 aliphatic carbocycles. The molecule has 42 valence electrons. The van der Waals surface area contributed by atoms with Crippen molar-refractivity contribution in [1.82, 2.24) is 0 Å². The average molecular weight is 127 g/mol. The summed E-state index contributed by atoms with van der Waals surface area (Å²) in [7, 11) is 0. The largest absolute Gasteiger partial charge is 0.516 e. The van der Waals surface area contributed by atoms with Crippen molar-refractivity contribution in [3.63, 3.8) is 0 Å². The molecule has 0 bridgehead atoms. The van der Waals surface area contributed by atoms with Gasteiger partial charge in [0.25, 0.3) is 0 Å². The Labute approximate surface area is 56.5 Å². The van der Waals surface area contributed by atoms with Crippen LogP contribution in [0.2, 0.25) is 0 Å². The van der Waals surface area contributed by atoms with E-state index in [1.807, 2.05) is 0 Å². The maximum Gasteiger partial charge on any atom is 0.369 e. The first-order valence-electron chi connectivity index (χ1n) is 2.27. The van der Waals surface area contributed by atoms with Gasteiger partial charge in [-0.15, -0.1) is 0 Å². The third-order valence-corrected chi connectivity index (χ3v) is 0.832. The summed E-state index contributed by atoms with van der Waals surface area (Å²) < 4.78 is 4.62. The second-order valence-corrected chi connectivity index (χ2v) is 1.53. The molecule has 4 heteroatoms. The molecule has 0 heterocycles. The van der Waals surface area contributed by atoms with Crippen LogP contribution in [0.5, 0.6) is 0 Å². The van der Waals surface area contributed by atoms with Gasteiger partial charge in [-0.1, -0.05) is 0 Å². The highest BCUT2D eigenvalue weighted by Crippen LogP contribution is 1.77. The first kappa shape index (κ1) is 7.87. The first-order valence-corrected chi connectivity index (χ1v) is 2.74. The fourth-order valence-electron chi connectivity index (χ4n) is 0.273. The summed E-state index contributed by atoms with van der Waals surface area (Å²) in [5.74, 6) is 0. The van der Waals surface area contributed by atoms with E-state index in [2.05, 4.69) is 25.4 Å². The van der Waals surface area contributed by atoms with E-state index in [1.165, 1.54) is 6.08 Å². The minimum absolute atomic E-state index is 0.512. The van der Waals surface area contributed by atoms with Gasteiger partial charge in [0.1, 0.15) is 0 Å². The van der Waals surface area contributed by atoms with Crippen molar-refractivity contribution < 1.29 is 8.58 Å². The monoisotopic (exact) mass is 127 g/mol. The Morgan fingerprint density at radius 2 is 2.50 bits per heavy atom. The summed E-state index contributed by atoms with van der Waals surface area (Å²) in [5.41, 5.74) is 0. The van der Waals surface area contributed by atoms with Crippen molar-refractivity contribution in [3.8, 4) is 0 Å². The molecule has 2 radical (unpaired) electrons. The Morgan fingerprint density at radius 3 is 3.00 bits per heavy atom. The standard InChI is InChI=1S/C4H6NO2.Al/c6-3-1-2-5-4-7;/h1-3H2;/q-1;+1. The molecule has 0 aliphatic rings. The summed E-state index contributed by atoms with van der Waals surface area (Å²) in [6, 6.07) is 0. The Morgan fingerprint density at radius 1 is 1.75 bits per heavy atom. The van der Waals surface area contributed by atoms with Gasteiger partial charge in [0, 0.05) is 6.61 Å². The van der Waals surface area contributed by atoms with Crippen molar-refractivity contribution in [2.24, 2.45) is 4.99 Å².